The van der Waals surface area contributed by atoms with Crippen LogP contribution in [0.3, 0.4) is 0 Å². The lowest BCUT2D eigenvalue weighted by molar-refractivity contribution is -0.140. The van der Waals surface area contributed by atoms with Crippen molar-refractivity contribution in [2.45, 2.75) is 6.42 Å². The minimum Gasteiger partial charge on any atom is -0.504 e. The fourth-order valence-electron chi connectivity index (χ4n) is 1.04. The number of esters is 1. The molecular weight excluding hydrogens is 198 g/mol. The molecule has 0 bridgehead atoms. The Balaban J connectivity index is 2.44. The van der Waals surface area contributed by atoms with Gasteiger partial charge in [-0.25, -0.2) is 0 Å². The number of rotatable bonds is 4. The minimum atomic E-state index is -0.300. The van der Waals surface area contributed by atoms with E-state index in [-0.39, 0.29) is 23.9 Å². The molecule has 3 N–H and O–H groups in total. The molecule has 0 unspecified atom stereocenters. The molecule has 1 rings (SSSR count). The van der Waals surface area contributed by atoms with Crippen molar-refractivity contribution in [1.82, 2.24) is 0 Å². The first kappa shape index (κ1) is 11.2. The molecule has 0 atom stereocenters. The van der Waals surface area contributed by atoms with Crippen LogP contribution in [0.2, 0.25) is 0 Å². The average molecular weight is 211 g/mol. The normalized spacial score (nSPS) is 9.67. The second-order valence-corrected chi connectivity index (χ2v) is 2.96. The van der Waals surface area contributed by atoms with Gasteiger partial charge in [0, 0.05) is 18.3 Å². The van der Waals surface area contributed by atoms with Crippen LogP contribution in [0.15, 0.2) is 18.2 Å². The summed E-state index contributed by atoms with van der Waals surface area (Å²) in [4.78, 5) is 10.8. The van der Waals surface area contributed by atoms with Gasteiger partial charge in [-0.1, -0.05) is 0 Å². The summed E-state index contributed by atoms with van der Waals surface area (Å²) in [5, 5.41) is 21.1. The van der Waals surface area contributed by atoms with Crippen LogP contribution in [0, 0.1) is 0 Å². The van der Waals surface area contributed by atoms with E-state index in [1.54, 1.807) is 6.07 Å². The van der Waals surface area contributed by atoms with Crippen LogP contribution in [0.5, 0.6) is 11.5 Å². The number of phenols is 2. The highest BCUT2D eigenvalue weighted by Gasteiger charge is 2.02. The van der Waals surface area contributed by atoms with Gasteiger partial charge in [-0.2, -0.15) is 0 Å². The van der Waals surface area contributed by atoms with Gasteiger partial charge in [0.25, 0.3) is 0 Å². The lowest BCUT2D eigenvalue weighted by Crippen LogP contribution is -2.09. The van der Waals surface area contributed by atoms with Crippen molar-refractivity contribution < 1.29 is 19.7 Å². The SMILES string of the molecule is COC(=O)CCNc1ccc(O)c(O)c1. The van der Waals surface area contributed by atoms with Gasteiger partial charge in [0.15, 0.2) is 11.5 Å². The molecule has 1 aromatic carbocycles. The monoisotopic (exact) mass is 211 g/mol. The van der Waals surface area contributed by atoms with Gasteiger partial charge in [0.05, 0.1) is 13.5 Å². The molecule has 0 saturated carbocycles. The molecule has 5 nitrogen and oxygen atoms in total. The van der Waals surface area contributed by atoms with Crippen LogP contribution in [0.25, 0.3) is 0 Å². The van der Waals surface area contributed by atoms with Crippen molar-refractivity contribution in [3.8, 4) is 11.5 Å². The van der Waals surface area contributed by atoms with Gasteiger partial charge in [-0.05, 0) is 12.1 Å². The van der Waals surface area contributed by atoms with Gasteiger partial charge >= 0.3 is 5.97 Å². The summed E-state index contributed by atoms with van der Waals surface area (Å²) in [5.41, 5.74) is 0.634. The number of nitrogens with one attached hydrogen (secondary N) is 1. The highest BCUT2D eigenvalue weighted by molar-refractivity contribution is 5.70. The van der Waals surface area contributed by atoms with Crippen LogP contribution < -0.4 is 5.32 Å². The summed E-state index contributed by atoms with van der Waals surface area (Å²) in [6, 6.07) is 4.36. The zero-order valence-electron chi connectivity index (χ0n) is 8.36. The average Bonchev–Trinajstić information content (AvgIpc) is 2.23. The predicted molar refractivity (Wildman–Crippen MR) is 54.9 cm³/mol. The Kier molecular flexibility index (Phi) is 3.79. The van der Waals surface area contributed by atoms with Crippen LogP contribution >= 0.6 is 0 Å². The first-order valence-corrected chi connectivity index (χ1v) is 4.46. The molecule has 0 aliphatic carbocycles. The smallest absolute Gasteiger partial charge is 0.307 e. The van der Waals surface area contributed by atoms with Gasteiger partial charge in [0.1, 0.15) is 0 Å². The minimum absolute atomic E-state index is 0.173. The summed E-state index contributed by atoms with van der Waals surface area (Å²) in [5.74, 6) is -0.669. The first-order valence-electron chi connectivity index (χ1n) is 4.46. The van der Waals surface area contributed by atoms with Crippen molar-refractivity contribution in [1.29, 1.82) is 0 Å². The first-order chi connectivity index (χ1) is 7.13. The van der Waals surface area contributed by atoms with E-state index in [4.69, 9.17) is 5.11 Å². The molecule has 0 aliphatic heterocycles. The Bertz CT molecular complexity index is 351. The van der Waals surface area contributed by atoms with Crippen molar-refractivity contribution >= 4 is 11.7 Å². The van der Waals surface area contributed by atoms with E-state index >= 15 is 0 Å². The van der Waals surface area contributed by atoms with E-state index in [1.165, 1.54) is 19.2 Å². The van der Waals surface area contributed by atoms with Crippen LogP contribution in [-0.4, -0.2) is 29.8 Å². The van der Waals surface area contributed by atoms with Crippen molar-refractivity contribution in [2.24, 2.45) is 0 Å². The second kappa shape index (κ2) is 5.09. The van der Waals surface area contributed by atoms with E-state index in [1.807, 2.05) is 0 Å². The summed E-state index contributed by atoms with van der Waals surface area (Å²) < 4.78 is 4.46. The highest BCUT2D eigenvalue weighted by atomic mass is 16.5. The number of aromatic hydroxyl groups is 2. The largest absolute Gasteiger partial charge is 0.504 e. The Morgan fingerprint density at radius 1 is 1.40 bits per heavy atom. The Morgan fingerprint density at radius 2 is 2.13 bits per heavy atom. The molecule has 1 aromatic rings. The lowest BCUT2D eigenvalue weighted by atomic mass is 10.2. The summed E-state index contributed by atoms with van der Waals surface area (Å²) in [6.45, 7) is 0.414. The number of anilines is 1. The number of ether oxygens (including phenoxy) is 1. The van der Waals surface area contributed by atoms with E-state index in [9.17, 15) is 9.90 Å². The predicted octanol–water partition coefficient (Wildman–Crippen LogP) is 1.07. The maximum Gasteiger partial charge on any atom is 0.307 e. The number of hydrogen-bond donors (Lipinski definition) is 3. The molecule has 0 spiro atoms. The molecule has 0 amide bonds. The van der Waals surface area contributed by atoms with Gasteiger partial charge in [-0.3, -0.25) is 4.79 Å². The van der Waals surface area contributed by atoms with Crippen LogP contribution in [0.1, 0.15) is 6.42 Å². The number of carbonyl (C=O) groups is 1. The Morgan fingerprint density at radius 3 is 2.73 bits per heavy atom. The molecule has 0 radical (unpaired) electrons. The molecule has 5 heteroatoms. The molecular formula is C10H13NO4. The molecule has 0 aromatic heterocycles. The Labute approximate surface area is 87.3 Å². The molecule has 0 saturated heterocycles. The van der Waals surface area contributed by atoms with E-state index in [2.05, 4.69) is 10.1 Å². The third-order valence-electron chi connectivity index (χ3n) is 1.86. The molecule has 0 aliphatic rings. The third-order valence-corrected chi connectivity index (χ3v) is 1.86. The standard InChI is InChI=1S/C10H13NO4/c1-15-10(14)4-5-11-7-2-3-8(12)9(13)6-7/h2-3,6,11-13H,4-5H2,1H3. The molecule has 0 fully saturated rings. The van der Waals surface area contributed by atoms with Gasteiger partial charge < -0.3 is 20.3 Å². The summed E-state index contributed by atoms with van der Waals surface area (Å²) >= 11 is 0. The van der Waals surface area contributed by atoms with E-state index in [0.717, 1.165) is 0 Å². The topological polar surface area (TPSA) is 78.8 Å². The highest BCUT2D eigenvalue weighted by Crippen LogP contribution is 2.27. The zero-order chi connectivity index (χ0) is 11.3. The third kappa shape index (κ3) is 3.38. The zero-order valence-corrected chi connectivity index (χ0v) is 8.36. The Hall–Kier alpha value is -1.91. The molecule has 0 heterocycles. The van der Waals surface area contributed by atoms with Crippen molar-refractivity contribution in [2.75, 3.05) is 19.0 Å². The fourth-order valence-corrected chi connectivity index (χ4v) is 1.04. The number of carbonyl (C=O) groups excluding carboxylic acids is 1. The fraction of sp³-hybridized carbons (Fsp3) is 0.300. The van der Waals surface area contributed by atoms with Crippen molar-refractivity contribution in [3.63, 3.8) is 0 Å². The van der Waals surface area contributed by atoms with Crippen LogP contribution in [0.4, 0.5) is 5.69 Å². The van der Waals surface area contributed by atoms with Crippen LogP contribution in [-0.2, 0) is 9.53 Å². The lowest BCUT2D eigenvalue weighted by Gasteiger charge is -2.06. The number of hydrogen-bond acceptors (Lipinski definition) is 5. The van der Waals surface area contributed by atoms with E-state index in [0.29, 0.717) is 12.2 Å². The number of benzene rings is 1. The van der Waals surface area contributed by atoms with Crippen molar-refractivity contribution in [3.05, 3.63) is 18.2 Å². The van der Waals surface area contributed by atoms with Gasteiger partial charge in [-0.15, -0.1) is 0 Å². The van der Waals surface area contributed by atoms with Gasteiger partial charge in [0.2, 0.25) is 0 Å². The maximum atomic E-state index is 10.8. The molecule has 15 heavy (non-hydrogen) atoms. The summed E-state index contributed by atoms with van der Waals surface area (Å²) in [6.07, 6.45) is 0.248. The number of methoxy groups -OCH3 is 1. The quantitative estimate of drug-likeness (QED) is 0.394. The summed E-state index contributed by atoms with van der Waals surface area (Å²) in [7, 11) is 1.33. The maximum absolute atomic E-state index is 10.8. The second-order valence-electron chi connectivity index (χ2n) is 2.96. The number of phenolic OH excluding ortho intramolecular Hbond substituents is 2. The molecule has 82 valence electrons. The van der Waals surface area contributed by atoms with E-state index < -0.39 is 0 Å².